The summed E-state index contributed by atoms with van der Waals surface area (Å²) in [5.41, 5.74) is 5.22. The number of carbonyl (C=O) groups is 2. The van der Waals surface area contributed by atoms with E-state index in [1.54, 1.807) is 0 Å². The van der Waals surface area contributed by atoms with Gasteiger partial charge in [-0.2, -0.15) is 0 Å². The molecule has 1 aliphatic rings. The van der Waals surface area contributed by atoms with Gasteiger partial charge in [-0.05, 0) is 27.7 Å². The summed E-state index contributed by atoms with van der Waals surface area (Å²) in [7, 11) is 0. The molecule has 0 aromatic heterocycles. The number of imide groups is 1. The van der Waals surface area contributed by atoms with Crippen LogP contribution in [-0.4, -0.2) is 39.3 Å². The van der Waals surface area contributed by atoms with E-state index in [9.17, 15) is 9.59 Å². The number of rotatable bonds is 3. The molecule has 2 amide bonds. The molecule has 0 aliphatic carbocycles. The van der Waals surface area contributed by atoms with Crippen molar-refractivity contribution in [2.24, 2.45) is 5.73 Å². The number of nitrogens with zero attached hydrogens (tertiary/aromatic N) is 1. The zero-order chi connectivity index (χ0) is 12.5. The Morgan fingerprint density at radius 1 is 1.50 bits per heavy atom. The van der Waals surface area contributed by atoms with Crippen molar-refractivity contribution < 1.29 is 9.59 Å². The second-order valence-electron chi connectivity index (χ2n) is 5.24. The standard InChI is InChI=1S/C11H20N2O2S/c1-7(12)6-16-8-5-9(14)13(10(8)15)11(2,3)4/h7-8H,5-6,12H2,1-4H3. The van der Waals surface area contributed by atoms with Crippen LogP contribution in [0.5, 0.6) is 0 Å². The van der Waals surface area contributed by atoms with Crippen molar-refractivity contribution in [1.82, 2.24) is 4.90 Å². The zero-order valence-electron chi connectivity index (χ0n) is 10.3. The van der Waals surface area contributed by atoms with Gasteiger partial charge in [0.2, 0.25) is 11.8 Å². The summed E-state index contributed by atoms with van der Waals surface area (Å²) >= 11 is 1.49. The van der Waals surface area contributed by atoms with Crippen molar-refractivity contribution in [3.63, 3.8) is 0 Å². The molecule has 1 fully saturated rings. The largest absolute Gasteiger partial charge is 0.327 e. The average Bonchev–Trinajstić information content (AvgIpc) is 2.36. The molecule has 0 saturated carbocycles. The second kappa shape index (κ2) is 4.75. The molecule has 2 N–H and O–H groups in total. The molecule has 2 unspecified atom stereocenters. The molecule has 0 aromatic rings. The van der Waals surface area contributed by atoms with Crippen LogP contribution in [0.4, 0.5) is 0 Å². The topological polar surface area (TPSA) is 63.4 Å². The van der Waals surface area contributed by atoms with E-state index in [0.29, 0.717) is 12.2 Å². The molecule has 0 aromatic carbocycles. The van der Waals surface area contributed by atoms with Crippen molar-refractivity contribution in [3.8, 4) is 0 Å². The molecular weight excluding hydrogens is 224 g/mol. The first-order valence-corrected chi connectivity index (χ1v) is 6.52. The lowest BCUT2D eigenvalue weighted by atomic mass is 10.1. The molecule has 1 heterocycles. The molecule has 0 spiro atoms. The number of hydrogen-bond donors (Lipinski definition) is 1. The summed E-state index contributed by atoms with van der Waals surface area (Å²) < 4.78 is 0. The Morgan fingerprint density at radius 3 is 2.44 bits per heavy atom. The Bertz CT molecular complexity index is 297. The van der Waals surface area contributed by atoms with Crippen molar-refractivity contribution in [2.45, 2.75) is 50.9 Å². The van der Waals surface area contributed by atoms with Crippen LogP contribution in [0, 0.1) is 0 Å². The summed E-state index contributed by atoms with van der Waals surface area (Å²) in [6.07, 6.45) is 0.313. The summed E-state index contributed by atoms with van der Waals surface area (Å²) in [5.74, 6) is 0.574. The molecule has 0 radical (unpaired) electrons. The number of thioether (sulfide) groups is 1. The van der Waals surface area contributed by atoms with E-state index in [0.717, 1.165) is 0 Å². The lowest BCUT2D eigenvalue weighted by molar-refractivity contribution is -0.143. The number of carbonyl (C=O) groups excluding carboxylic acids is 2. The maximum Gasteiger partial charge on any atom is 0.243 e. The van der Waals surface area contributed by atoms with E-state index in [1.165, 1.54) is 16.7 Å². The van der Waals surface area contributed by atoms with Crippen LogP contribution in [-0.2, 0) is 9.59 Å². The van der Waals surface area contributed by atoms with E-state index >= 15 is 0 Å². The van der Waals surface area contributed by atoms with Crippen LogP contribution >= 0.6 is 11.8 Å². The fraction of sp³-hybridized carbons (Fsp3) is 0.818. The third-order valence-corrected chi connectivity index (χ3v) is 3.83. The Balaban J connectivity index is 2.68. The van der Waals surface area contributed by atoms with Crippen LogP contribution in [0.25, 0.3) is 0 Å². The summed E-state index contributed by atoms with van der Waals surface area (Å²) in [6.45, 7) is 7.53. The Kier molecular flexibility index (Phi) is 4.02. The Hall–Kier alpha value is -0.550. The molecule has 4 nitrogen and oxygen atoms in total. The molecule has 0 bridgehead atoms. The minimum Gasteiger partial charge on any atom is -0.327 e. The van der Waals surface area contributed by atoms with E-state index in [4.69, 9.17) is 5.73 Å². The minimum atomic E-state index is -0.419. The average molecular weight is 244 g/mol. The fourth-order valence-corrected chi connectivity index (χ4v) is 2.75. The first-order chi connectivity index (χ1) is 7.23. The summed E-state index contributed by atoms with van der Waals surface area (Å²) in [6, 6.07) is 0.0524. The van der Waals surface area contributed by atoms with Gasteiger partial charge in [0.25, 0.3) is 0 Å². The Morgan fingerprint density at radius 2 is 2.06 bits per heavy atom. The maximum atomic E-state index is 12.0. The normalized spacial score (nSPS) is 24.1. The highest BCUT2D eigenvalue weighted by Gasteiger charge is 2.44. The molecule has 92 valence electrons. The molecule has 1 saturated heterocycles. The van der Waals surface area contributed by atoms with Crippen LogP contribution < -0.4 is 5.73 Å². The maximum absolute atomic E-state index is 12.0. The predicted molar refractivity (Wildman–Crippen MR) is 66.1 cm³/mol. The van der Waals surface area contributed by atoms with Crippen LogP contribution in [0.1, 0.15) is 34.1 Å². The summed E-state index contributed by atoms with van der Waals surface area (Å²) in [5, 5.41) is -0.238. The van der Waals surface area contributed by atoms with Gasteiger partial charge in [0, 0.05) is 23.8 Å². The number of hydrogen-bond acceptors (Lipinski definition) is 4. The highest BCUT2D eigenvalue weighted by atomic mass is 32.2. The van der Waals surface area contributed by atoms with E-state index < -0.39 is 5.54 Å². The molecule has 5 heteroatoms. The van der Waals surface area contributed by atoms with Gasteiger partial charge < -0.3 is 5.73 Å². The van der Waals surface area contributed by atoms with Gasteiger partial charge in [-0.15, -0.1) is 11.8 Å². The minimum absolute atomic E-state index is 0.0524. The first kappa shape index (κ1) is 13.5. The third-order valence-electron chi connectivity index (χ3n) is 2.34. The van der Waals surface area contributed by atoms with Gasteiger partial charge in [0.05, 0.1) is 5.25 Å². The van der Waals surface area contributed by atoms with Crippen LogP contribution in [0.15, 0.2) is 0 Å². The first-order valence-electron chi connectivity index (χ1n) is 5.47. The van der Waals surface area contributed by atoms with E-state index in [-0.39, 0.29) is 23.1 Å². The van der Waals surface area contributed by atoms with Gasteiger partial charge in [-0.3, -0.25) is 14.5 Å². The van der Waals surface area contributed by atoms with Crippen LogP contribution in [0.2, 0.25) is 0 Å². The fourth-order valence-electron chi connectivity index (χ4n) is 1.71. The third kappa shape index (κ3) is 2.98. The second-order valence-corrected chi connectivity index (χ2v) is 6.48. The van der Waals surface area contributed by atoms with Crippen molar-refractivity contribution in [2.75, 3.05) is 5.75 Å². The van der Waals surface area contributed by atoms with Gasteiger partial charge in [-0.25, -0.2) is 0 Å². The lowest BCUT2D eigenvalue weighted by Crippen LogP contribution is -2.46. The number of likely N-dealkylation sites (tertiary alicyclic amines) is 1. The highest BCUT2D eigenvalue weighted by Crippen LogP contribution is 2.30. The predicted octanol–water partition coefficient (Wildman–Crippen LogP) is 0.993. The van der Waals surface area contributed by atoms with E-state index in [1.807, 2.05) is 27.7 Å². The molecule has 1 rings (SSSR count). The van der Waals surface area contributed by atoms with Gasteiger partial charge in [0.15, 0.2) is 0 Å². The van der Waals surface area contributed by atoms with Crippen molar-refractivity contribution >= 4 is 23.6 Å². The van der Waals surface area contributed by atoms with Crippen molar-refractivity contribution in [3.05, 3.63) is 0 Å². The molecule has 2 atom stereocenters. The highest BCUT2D eigenvalue weighted by molar-refractivity contribution is 8.00. The summed E-state index contributed by atoms with van der Waals surface area (Å²) in [4.78, 5) is 25.1. The molecular formula is C11H20N2O2S. The number of amides is 2. The smallest absolute Gasteiger partial charge is 0.243 e. The SMILES string of the molecule is CC(N)CSC1CC(=O)N(C(C)(C)C)C1=O. The lowest BCUT2D eigenvalue weighted by Gasteiger charge is -2.30. The van der Waals surface area contributed by atoms with Crippen LogP contribution in [0.3, 0.4) is 0 Å². The number of nitrogens with two attached hydrogens (primary N) is 1. The zero-order valence-corrected chi connectivity index (χ0v) is 11.1. The van der Waals surface area contributed by atoms with Gasteiger partial charge in [-0.1, -0.05) is 0 Å². The van der Waals surface area contributed by atoms with Crippen molar-refractivity contribution in [1.29, 1.82) is 0 Å². The molecule has 1 aliphatic heterocycles. The van der Waals surface area contributed by atoms with Gasteiger partial charge >= 0.3 is 0 Å². The Labute approximate surface area is 101 Å². The quantitative estimate of drug-likeness (QED) is 0.752. The monoisotopic (exact) mass is 244 g/mol. The van der Waals surface area contributed by atoms with Gasteiger partial charge in [0.1, 0.15) is 0 Å². The molecule has 16 heavy (non-hydrogen) atoms. The van der Waals surface area contributed by atoms with E-state index in [2.05, 4.69) is 0 Å².